The van der Waals surface area contributed by atoms with Crippen molar-refractivity contribution in [2.45, 2.75) is 6.92 Å². The van der Waals surface area contributed by atoms with Crippen LogP contribution in [0.5, 0.6) is 0 Å². The average Bonchev–Trinajstić information content (AvgIpc) is 2.93. The summed E-state index contributed by atoms with van der Waals surface area (Å²) >= 11 is 2.85. The van der Waals surface area contributed by atoms with Gasteiger partial charge in [0.1, 0.15) is 0 Å². The van der Waals surface area contributed by atoms with Gasteiger partial charge in [0.2, 0.25) is 5.17 Å². The Bertz CT molecular complexity index is 627. The number of fused-ring (bicyclic) bond motifs is 1. The molecule has 2 aliphatic rings. The first kappa shape index (κ1) is 11.4. The smallest absolute Gasteiger partial charge is 0.282 e. The SMILES string of the molecule is CC1=NN2C(=N)/C(=C/c3ccsc3)C(=O)N=C2S1. The van der Waals surface area contributed by atoms with E-state index in [0.29, 0.717) is 5.17 Å². The van der Waals surface area contributed by atoms with E-state index < -0.39 is 0 Å². The number of hydrogen-bond acceptors (Lipinski definition) is 5. The Hall–Kier alpha value is -1.73. The van der Waals surface area contributed by atoms with Crippen LogP contribution in [-0.4, -0.2) is 27.0 Å². The molecule has 90 valence electrons. The van der Waals surface area contributed by atoms with Crippen molar-refractivity contribution < 1.29 is 4.79 Å². The van der Waals surface area contributed by atoms with E-state index in [1.807, 2.05) is 23.8 Å². The molecular formula is C11H8N4OS2. The van der Waals surface area contributed by atoms with Gasteiger partial charge in [0, 0.05) is 0 Å². The lowest BCUT2D eigenvalue weighted by Gasteiger charge is -2.20. The fourth-order valence-electron chi connectivity index (χ4n) is 1.61. The second-order valence-electron chi connectivity index (χ2n) is 3.70. The van der Waals surface area contributed by atoms with Gasteiger partial charge >= 0.3 is 0 Å². The largest absolute Gasteiger partial charge is 0.283 e. The van der Waals surface area contributed by atoms with Crippen LogP contribution in [0.3, 0.4) is 0 Å². The van der Waals surface area contributed by atoms with E-state index >= 15 is 0 Å². The van der Waals surface area contributed by atoms with Gasteiger partial charge in [-0.1, -0.05) is 0 Å². The zero-order chi connectivity index (χ0) is 12.7. The van der Waals surface area contributed by atoms with Gasteiger partial charge in [-0.15, -0.1) is 0 Å². The molecule has 0 unspecified atom stereocenters. The number of nitrogens with zero attached hydrogens (tertiary/aromatic N) is 3. The fourth-order valence-corrected chi connectivity index (χ4v) is 2.96. The van der Waals surface area contributed by atoms with Gasteiger partial charge in [-0.05, 0) is 47.2 Å². The summed E-state index contributed by atoms with van der Waals surface area (Å²) in [5.74, 6) is -0.296. The quantitative estimate of drug-likeness (QED) is 0.801. The minimum atomic E-state index is -0.380. The topological polar surface area (TPSA) is 68.9 Å². The number of carbonyl (C=O) groups is 1. The van der Waals surface area contributed by atoms with Crippen molar-refractivity contribution >= 4 is 51.1 Å². The molecule has 7 heteroatoms. The Labute approximate surface area is 111 Å². The highest BCUT2D eigenvalue weighted by atomic mass is 32.2. The molecule has 0 radical (unpaired) electrons. The molecule has 0 spiro atoms. The summed E-state index contributed by atoms with van der Waals surface area (Å²) < 4.78 is 0. The first-order valence-electron chi connectivity index (χ1n) is 5.14. The van der Waals surface area contributed by atoms with Crippen LogP contribution < -0.4 is 0 Å². The Morgan fingerprint density at radius 1 is 1.50 bits per heavy atom. The van der Waals surface area contributed by atoms with Gasteiger partial charge in [0.25, 0.3) is 5.91 Å². The molecular weight excluding hydrogens is 268 g/mol. The van der Waals surface area contributed by atoms with Crippen LogP contribution in [0.2, 0.25) is 0 Å². The Kier molecular flexibility index (Phi) is 2.64. The second-order valence-corrected chi connectivity index (χ2v) is 5.64. The molecule has 0 aromatic carbocycles. The minimum Gasteiger partial charge on any atom is -0.282 e. The summed E-state index contributed by atoms with van der Waals surface area (Å²) in [5.41, 5.74) is 1.18. The van der Waals surface area contributed by atoms with Gasteiger partial charge in [0.15, 0.2) is 5.84 Å². The Balaban J connectivity index is 2.04. The van der Waals surface area contributed by atoms with Crippen LogP contribution in [0.25, 0.3) is 6.08 Å². The third kappa shape index (κ3) is 1.81. The van der Waals surface area contributed by atoms with Gasteiger partial charge in [-0.3, -0.25) is 10.2 Å². The van der Waals surface area contributed by atoms with Gasteiger partial charge in [-0.25, -0.2) is 0 Å². The molecule has 3 rings (SSSR count). The van der Waals surface area contributed by atoms with Crippen LogP contribution in [0.4, 0.5) is 0 Å². The van der Waals surface area contributed by atoms with E-state index in [-0.39, 0.29) is 17.3 Å². The lowest BCUT2D eigenvalue weighted by atomic mass is 10.1. The number of aliphatic imine (C=N–C) groups is 1. The summed E-state index contributed by atoms with van der Waals surface area (Å²) in [6, 6.07) is 1.89. The van der Waals surface area contributed by atoms with Crippen molar-refractivity contribution in [1.82, 2.24) is 5.01 Å². The highest BCUT2D eigenvalue weighted by molar-refractivity contribution is 8.26. The number of thioether (sulfide) groups is 1. The first-order chi connectivity index (χ1) is 8.65. The summed E-state index contributed by atoms with van der Waals surface area (Å²) in [6.45, 7) is 1.82. The van der Waals surface area contributed by atoms with Crippen molar-refractivity contribution in [2.75, 3.05) is 0 Å². The molecule has 0 bridgehead atoms. The predicted octanol–water partition coefficient (Wildman–Crippen LogP) is 2.39. The summed E-state index contributed by atoms with van der Waals surface area (Å²) in [5, 5.41) is 18.7. The van der Waals surface area contributed by atoms with Crippen molar-refractivity contribution in [1.29, 1.82) is 5.41 Å². The van der Waals surface area contributed by atoms with Crippen LogP contribution in [0.1, 0.15) is 12.5 Å². The van der Waals surface area contributed by atoms with Crippen LogP contribution >= 0.6 is 23.1 Å². The Morgan fingerprint density at radius 2 is 2.33 bits per heavy atom. The molecule has 0 fully saturated rings. The zero-order valence-electron chi connectivity index (χ0n) is 9.38. The molecule has 1 N–H and O–H groups in total. The van der Waals surface area contributed by atoms with Gasteiger partial charge in [-0.2, -0.15) is 26.4 Å². The van der Waals surface area contributed by atoms with Crippen molar-refractivity contribution in [3.63, 3.8) is 0 Å². The average molecular weight is 276 g/mol. The molecule has 0 saturated heterocycles. The molecule has 1 amide bonds. The first-order valence-corrected chi connectivity index (χ1v) is 6.90. The maximum absolute atomic E-state index is 11.9. The molecule has 1 aromatic rings. The van der Waals surface area contributed by atoms with Crippen LogP contribution in [0.15, 0.2) is 32.5 Å². The molecule has 1 aromatic heterocycles. The third-order valence-electron chi connectivity index (χ3n) is 2.41. The molecule has 0 saturated carbocycles. The molecule has 18 heavy (non-hydrogen) atoms. The van der Waals surface area contributed by atoms with E-state index in [1.54, 1.807) is 17.4 Å². The number of carbonyl (C=O) groups excluding carboxylic acids is 1. The van der Waals surface area contributed by atoms with Crippen molar-refractivity contribution in [3.8, 4) is 0 Å². The summed E-state index contributed by atoms with van der Waals surface area (Å²) in [4.78, 5) is 15.8. The van der Waals surface area contributed by atoms with Gasteiger partial charge in [0.05, 0.1) is 10.6 Å². The standard InChI is InChI=1S/C11H8N4OS2/c1-6-14-15-9(12)8(4-7-2-3-17-5-7)10(16)13-11(15)18-6/h2-5,12H,1H3/b8-4-,12-9?. The highest BCUT2D eigenvalue weighted by Crippen LogP contribution is 2.27. The van der Waals surface area contributed by atoms with Gasteiger partial charge < -0.3 is 0 Å². The molecule has 0 aliphatic carbocycles. The third-order valence-corrected chi connectivity index (χ3v) is 3.94. The normalized spacial score (nSPS) is 21.2. The van der Waals surface area contributed by atoms with Crippen molar-refractivity contribution in [2.24, 2.45) is 10.1 Å². The maximum Gasteiger partial charge on any atom is 0.283 e. The van der Waals surface area contributed by atoms with E-state index in [9.17, 15) is 4.79 Å². The van der Waals surface area contributed by atoms with Crippen LogP contribution in [0, 0.1) is 5.41 Å². The number of hydrogen-bond donors (Lipinski definition) is 1. The van der Waals surface area contributed by atoms with E-state index in [2.05, 4.69) is 10.1 Å². The molecule has 5 nitrogen and oxygen atoms in total. The van der Waals surface area contributed by atoms with E-state index in [0.717, 1.165) is 10.6 Å². The zero-order valence-corrected chi connectivity index (χ0v) is 11.0. The fraction of sp³-hybridized carbons (Fsp3) is 0.0909. The minimum absolute atomic E-state index is 0.0838. The summed E-state index contributed by atoms with van der Waals surface area (Å²) in [7, 11) is 0. The highest BCUT2D eigenvalue weighted by Gasteiger charge is 2.34. The maximum atomic E-state index is 11.9. The van der Waals surface area contributed by atoms with E-state index in [1.165, 1.54) is 16.8 Å². The monoisotopic (exact) mass is 276 g/mol. The predicted molar refractivity (Wildman–Crippen MR) is 75.0 cm³/mol. The Morgan fingerprint density at radius 3 is 3.06 bits per heavy atom. The lowest BCUT2D eigenvalue weighted by Crippen LogP contribution is -2.35. The lowest BCUT2D eigenvalue weighted by molar-refractivity contribution is -0.114. The number of amidine groups is 2. The second kappa shape index (κ2) is 4.18. The summed E-state index contributed by atoms with van der Waals surface area (Å²) in [6.07, 6.45) is 1.68. The number of hydrazone groups is 1. The number of nitrogens with one attached hydrogen (secondary N) is 1. The number of amides is 1. The molecule has 0 atom stereocenters. The molecule has 2 aliphatic heterocycles. The van der Waals surface area contributed by atoms with Crippen molar-refractivity contribution in [3.05, 3.63) is 28.0 Å². The molecule has 3 heterocycles. The number of rotatable bonds is 1. The van der Waals surface area contributed by atoms with E-state index in [4.69, 9.17) is 5.41 Å². The van der Waals surface area contributed by atoms with Crippen LogP contribution in [-0.2, 0) is 4.79 Å². The number of thiophene rings is 1.